The number of para-hydroxylation sites is 1. The molecular weight excluding hydrogens is 474 g/mol. The van der Waals surface area contributed by atoms with E-state index >= 15 is 0 Å². The Kier molecular flexibility index (Phi) is 6.22. The molecule has 1 heterocycles. The Morgan fingerprint density at radius 2 is 1.82 bits per heavy atom. The molecule has 0 unspecified atom stereocenters. The first-order valence-corrected chi connectivity index (χ1v) is 11.8. The second-order valence-electron chi connectivity index (χ2n) is 7.35. The van der Waals surface area contributed by atoms with Crippen molar-refractivity contribution in [3.63, 3.8) is 0 Å². The Hall–Kier alpha value is -3.24. The van der Waals surface area contributed by atoms with Crippen molar-refractivity contribution in [2.75, 3.05) is 20.8 Å². The summed E-state index contributed by atoms with van der Waals surface area (Å²) in [5, 5.41) is 0.00706. The van der Waals surface area contributed by atoms with Gasteiger partial charge in [0.15, 0.2) is 29.1 Å². The summed E-state index contributed by atoms with van der Waals surface area (Å²) in [5.74, 6) is 0.0142. The maximum absolute atomic E-state index is 12.7. The molecule has 1 saturated carbocycles. The number of methoxy groups -OCH3 is 2. The number of hydrogen-bond acceptors (Lipinski definition) is 8. The van der Waals surface area contributed by atoms with Gasteiger partial charge in [-0.3, -0.25) is 9.59 Å². The number of carbonyl (C=O) groups excluding carboxylic acids is 1. The first kappa shape index (κ1) is 22.9. The smallest absolute Gasteiger partial charge is 0.271 e. The monoisotopic (exact) mass is 493 g/mol. The Morgan fingerprint density at radius 3 is 2.48 bits per heavy atom. The molecule has 1 aliphatic rings. The predicted molar refractivity (Wildman–Crippen MR) is 122 cm³/mol. The van der Waals surface area contributed by atoms with Crippen molar-refractivity contribution in [3.8, 4) is 28.6 Å². The summed E-state index contributed by atoms with van der Waals surface area (Å²) >= 11 is 6.21. The second-order valence-corrected chi connectivity index (χ2v) is 9.72. The molecule has 174 valence electrons. The van der Waals surface area contributed by atoms with Crippen LogP contribution >= 0.6 is 11.6 Å². The van der Waals surface area contributed by atoms with Crippen LogP contribution in [0, 0.1) is 0 Å². The molecular formula is C22H20ClNO8S. The van der Waals surface area contributed by atoms with Gasteiger partial charge < -0.3 is 18.6 Å². The highest BCUT2D eigenvalue weighted by Gasteiger charge is 2.36. The molecule has 0 bridgehead atoms. The third kappa shape index (κ3) is 4.76. The lowest BCUT2D eigenvalue weighted by Crippen LogP contribution is -2.36. The van der Waals surface area contributed by atoms with Gasteiger partial charge in [-0.1, -0.05) is 17.7 Å². The van der Waals surface area contributed by atoms with Crippen LogP contribution in [-0.4, -0.2) is 40.4 Å². The minimum Gasteiger partial charge on any atom is -0.493 e. The predicted octanol–water partition coefficient (Wildman–Crippen LogP) is 3.12. The van der Waals surface area contributed by atoms with E-state index in [1.54, 1.807) is 18.2 Å². The SMILES string of the molecule is COc1cc(OCC(=O)NS(=O)(=O)C2CC2)c(-c2cc(=O)c3cccc(Cl)c3o2)cc1OC. The number of sulfonamides is 1. The van der Waals surface area contributed by atoms with E-state index in [9.17, 15) is 18.0 Å². The van der Waals surface area contributed by atoms with Gasteiger partial charge >= 0.3 is 0 Å². The molecule has 33 heavy (non-hydrogen) atoms. The van der Waals surface area contributed by atoms with E-state index in [1.807, 2.05) is 4.72 Å². The summed E-state index contributed by atoms with van der Waals surface area (Å²) in [7, 11) is -0.851. The standard InChI is InChI=1S/C22H20ClNO8S/c1-29-19-8-14(18-9-16(25)13-4-3-5-15(23)22(13)32-18)17(10-20(19)30-2)31-11-21(26)24-33(27,28)12-6-7-12/h3-5,8-10,12H,6-7,11H2,1-2H3,(H,24,26). The first-order chi connectivity index (χ1) is 15.7. The van der Waals surface area contributed by atoms with Crippen LogP contribution < -0.4 is 24.4 Å². The van der Waals surface area contributed by atoms with Gasteiger partial charge in [0.2, 0.25) is 10.0 Å². The normalized spacial score (nSPS) is 13.5. The number of ether oxygens (including phenoxy) is 3. The molecule has 1 amide bonds. The van der Waals surface area contributed by atoms with Crippen LogP contribution in [-0.2, 0) is 14.8 Å². The van der Waals surface area contributed by atoms with E-state index in [1.165, 1.54) is 32.4 Å². The van der Waals surface area contributed by atoms with Crippen molar-refractivity contribution in [2.45, 2.75) is 18.1 Å². The molecule has 1 aliphatic carbocycles. The van der Waals surface area contributed by atoms with Gasteiger partial charge in [0.1, 0.15) is 11.5 Å². The topological polar surface area (TPSA) is 121 Å². The molecule has 4 rings (SSSR count). The quantitative estimate of drug-likeness (QED) is 0.508. The van der Waals surface area contributed by atoms with E-state index in [2.05, 4.69) is 0 Å². The average molecular weight is 494 g/mol. The molecule has 1 N–H and O–H groups in total. The maximum Gasteiger partial charge on any atom is 0.271 e. The van der Waals surface area contributed by atoms with Crippen LogP contribution in [0.25, 0.3) is 22.3 Å². The third-order valence-electron chi connectivity index (χ3n) is 5.04. The molecule has 0 atom stereocenters. The number of benzene rings is 2. The zero-order chi connectivity index (χ0) is 23.8. The summed E-state index contributed by atoms with van der Waals surface area (Å²) in [5.41, 5.74) is 0.142. The maximum atomic E-state index is 12.7. The van der Waals surface area contributed by atoms with Gasteiger partial charge in [-0.25, -0.2) is 13.1 Å². The highest BCUT2D eigenvalue weighted by atomic mass is 35.5. The Balaban J connectivity index is 1.73. The number of carbonyl (C=O) groups is 1. The van der Waals surface area contributed by atoms with Gasteiger partial charge in [-0.05, 0) is 31.0 Å². The summed E-state index contributed by atoms with van der Waals surface area (Å²) < 4.78 is 48.1. The van der Waals surface area contributed by atoms with Crippen molar-refractivity contribution in [1.82, 2.24) is 4.72 Å². The number of nitrogens with one attached hydrogen (secondary N) is 1. The lowest BCUT2D eigenvalue weighted by Gasteiger charge is -2.16. The number of fused-ring (bicyclic) bond motifs is 1. The van der Waals surface area contributed by atoms with Crippen molar-refractivity contribution >= 4 is 38.5 Å². The van der Waals surface area contributed by atoms with Crippen LogP contribution in [0.4, 0.5) is 0 Å². The van der Waals surface area contributed by atoms with Crippen LogP contribution in [0.2, 0.25) is 5.02 Å². The molecule has 0 saturated heterocycles. The number of halogens is 1. The zero-order valence-corrected chi connectivity index (χ0v) is 19.3. The second kappa shape index (κ2) is 8.95. The molecule has 2 aromatic carbocycles. The van der Waals surface area contributed by atoms with Gasteiger partial charge in [0, 0.05) is 12.1 Å². The molecule has 0 radical (unpaired) electrons. The number of rotatable bonds is 8. The lowest BCUT2D eigenvalue weighted by molar-refractivity contribution is -0.121. The zero-order valence-electron chi connectivity index (χ0n) is 17.7. The van der Waals surface area contributed by atoms with Crippen molar-refractivity contribution in [1.29, 1.82) is 0 Å². The fraction of sp³-hybridized carbons (Fsp3) is 0.273. The molecule has 11 heteroatoms. The Bertz CT molecular complexity index is 1400. The highest BCUT2D eigenvalue weighted by molar-refractivity contribution is 7.90. The van der Waals surface area contributed by atoms with Crippen molar-refractivity contribution in [3.05, 3.63) is 51.6 Å². The molecule has 1 fully saturated rings. The van der Waals surface area contributed by atoms with Crippen LogP contribution in [0.5, 0.6) is 17.2 Å². The summed E-state index contributed by atoms with van der Waals surface area (Å²) in [4.78, 5) is 24.9. The van der Waals surface area contributed by atoms with Crippen molar-refractivity contribution in [2.24, 2.45) is 0 Å². The summed E-state index contributed by atoms with van der Waals surface area (Å²) in [6.07, 6.45) is 1.04. The highest BCUT2D eigenvalue weighted by Crippen LogP contribution is 2.41. The minimum absolute atomic E-state index is 0.112. The molecule has 3 aromatic rings. The van der Waals surface area contributed by atoms with Crippen LogP contribution in [0.15, 0.2) is 45.6 Å². The molecule has 9 nitrogen and oxygen atoms in total. The van der Waals surface area contributed by atoms with Crippen LogP contribution in [0.3, 0.4) is 0 Å². The Labute approximate surface area is 194 Å². The van der Waals surface area contributed by atoms with Gasteiger partial charge in [-0.15, -0.1) is 0 Å². The lowest BCUT2D eigenvalue weighted by atomic mass is 10.1. The number of amides is 1. The van der Waals surface area contributed by atoms with Crippen LogP contribution in [0.1, 0.15) is 12.8 Å². The van der Waals surface area contributed by atoms with Gasteiger partial charge in [0.25, 0.3) is 5.91 Å². The largest absolute Gasteiger partial charge is 0.493 e. The van der Waals surface area contributed by atoms with Gasteiger partial charge in [0.05, 0.1) is 35.4 Å². The van der Waals surface area contributed by atoms with E-state index in [-0.39, 0.29) is 33.1 Å². The molecule has 0 spiro atoms. The minimum atomic E-state index is -3.71. The fourth-order valence-electron chi connectivity index (χ4n) is 3.24. The third-order valence-corrected chi connectivity index (χ3v) is 7.19. The van der Waals surface area contributed by atoms with Gasteiger partial charge in [-0.2, -0.15) is 0 Å². The first-order valence-electron chi connectivity index (χ1n) is 9.89. The van der Waals surface area contributed by atoms with E-state index in [0.29, 0.717) is 29.7 Å². The fourth-order valence-corrected chi connectivity index (χ4v) is 4.75. The molecule has 0 aliphatic heterocycles. The number of hydrogen-bond donors (Lipinski definition) is 1. The molecule has 1 aromatic heterocycles. The van der Waals surface area contributed by atoms with Crippen molar-refractivity contribution < 1.29 is 31.8 Å². The Morgan fingerprint density at radius 1 is 1.12 bits per heavy atom. The average Bonchev–Trinajstić information content (AvgIpc) is 3.63. The van der Waals surface area contributed by atoms with E-state index in [4.69, 9.17) is 30.2 Å². The van der Waals surface area contributed by atoms with E-state index < -0.39 is 27.8 Å². The van der Waals surface area contributed by atoms with E-state index in [0.717, 1.165) is 0 Å². The summed E-state index contributed by atoms with van der Waals surface area (Å²) in [6.45, 7) is -0.590. The summed E-state index contributed by atoms with van der Waals surface area (Å²) in [6, 6.07) is 9.06.